The molecule has 2 aliphatic rings. The Morgan fingerprint density at radius 1 is 0.900 bits per heavy atom. The van der Waals surface area contributed by atoms with Crippen LogP contribution in [0.3, 0.4) is 0 Å². The largest absolute Gasteiger partial charge is 0.312 e. The highest BCUT2D eigenvalue weighted by molar-refractivity contribution is 5.95. The molecule has 1 fully saturated rings. The molecule has 0 unspecified atom stereocenters. The second-order valence-electron chi connectivity index (χ2n) is 8.36. The number of hydrogen-bond donors (Lipinski definition) is 0. The summed E-state index contributed by atoms with van der Waals surface area (Å²) >= 11 is 0. The van der Waals surface area contributed by atoms with Crippen molar-refractivity contribution in [2.24, 2.45) is 7.05 Å². The SMILES string of the molecule is Cn1nc(-c2ccccc2)c2c1CCN(Cc1ccc(N3CCCC3=O)cc1)CC2. The molecule has 5 nitrogen and oxygen atoms in total. The molecule has 3 heterocycles. The van der Waals surface area contributed by atoms with Gasteiger partial charge in [-0.25, -0.2) is 0 Å². The number of carbonyl (C=O) groups is 1. The minimum Gasteiger partial charge on any atom is -0.312 e. The number of anilines is 1. The molecule has 0 aliphatic carbocycles. The molecule has 2 aliphatic heterocycles. The lowest BCUT2D eigenvalue weighted by atomic mass is 10.0. The Morgan fingerprint density at radius 3 is 2.40 bits per heavy atom. The van der Waals surface area contributed by atoms with Crippen LogP contribution in [0, 0.1) is 0 Å². The van der Waals surface area contributed by atoms with Crippen molar-refractivity contribution in [3.8, 4) is 11.3 Å². The molecular formula is C25H28N4O. The number of benzene rings is 2. The number of carbonyl (C=O) groups excluding carboxylic acids is 1. The molecule has 154 valence electrons. The monoisotopic (exact) mass is 400 g/mol. The normalized spacial score (nSPS) is 17.2. The van der Waals surface area contributed by atoms with Gasteiger partial charge in [-0.1, -0.05) is 42.5 Å². The number of rotatable bonds is 4. The number of amides is 1. The summed E-state index contributed by atoms with van der Waals surface area (Å²) in [6.45, 7) is 3.86. The predicted octanol–water partition coefficient (Wildman–Crippen LogP) is 3.81. The van der Waals surface area contributed by atoms with E-state index in [1.165, 1.54) is 22.4 Å². The van der Waals surface area contributed by atoms with Gasteiger partial charge in [-0.15, -0.1) is 0 Å². The number of nitrogens with zero attached hydrogens (tertiary/aromatic N) is 4. The van der Waals surface area contributed by atoms with Crippen molar-refractivity contribution >= 4 is 11.6 Å². The van der Waals surface area contributed by atoms with E-state index in [0.717, 1.165) is 56.8 Å². The van der Waals surface area contributed by atoms with Gasteiger partial charge in [-0.05, 0) is 30.5 Å². The third kappa shape index (κ3) is 3.65. The van der Waals surface area contributed by atoms with Crippen molar-refractivity contribution < 1.29 is 4.79 Å². The van der Waals surface area contributed by atoms with Gasteiger partial charge in [0.25, 0.3) is 0 Å². The van der Waals surface area contributed by atoms with E-state index in [9.17, 15) is 4.79 Å². The molecule has 3 aromatic rings. The molecule has 5 heteroatoms. The summed E-state index contributed by atoms with van der Waals surface area (Å²) in [4.78, 5) is 16.4. The second-order valence-corrected chi connectivity index (χ2v) is 8.36. The zero-order chi connectivity index (χ0) is 20.5. The molecule has 1 amide bonds. The minimum absolute atomic E-state index is 0.246. The average Bonchev–Trinajstić information content (AvgIpc) is 3.26. The lowest BCUT2D eigenvalue weighted by molar-refractivity contribution is -0.117. The Kier molecular flexibility index (Phi) is 5.13. The number of hydrogen-bond acceptors (Lipinski definition) is 3. The van der Waals surface area contributed by atoms with Crippen LogP contribution in [0.15, 0.2) is 54.6 Å². The van der Waals surface area contributed by atoms with Gasteiger partial charge in [0.15, 0.2) is 0 Å². The molecular weight excluding hydrogens is 372 g/mol. The fourth-order valence-corrected chi connectivity index (χ4v) is 4.77. The number of aromatic nitrogens is 2. The van der Waals surface area contributed by atoms with Crippen LogP contribution in [0.5, 0.6) is 0 Å². The summed E-state index contributed by atoms with van der Waals surface area (Å²) < 4.78 is 2.07. The van der Waals surface area contributed by atoms with Crippen LogP contribution in [-0.2, 0) is 31.2 Å². The second kappa shape index (κ2) is 8.07. The first kappa shape index (κ1) is 19.1. The Morgan fingerprint density at radius 2 is 1.67 bits per heavy atom. The predicted molar refractivity (Wildman–Crippen MR) is 119 cm³/mol. The van der Waals surface area contributed by atoms with Gasteiger partial charge in [0.2, 0.25) is 5.91 Å². The van der Waals surface area contributed by atoms with Crippen molar-refractivity contribution in [3.63, 3.8) is 0 Å². The molecule has 1 saturated heterocycles. The average molecular weight is 401 g/mol. The van der Waals surface area contributed by atoms with E-state index in [2.05, 4.69) is 71.2 Å². The van der Waals surface area contributed by atoms with Crippen molar-refractivity contribution in [3.05, 3.63) is 71.4 Å². The summed E-state index contributed by atoms with van der Waals surface area (Å²) in [6.07, 6.45) is 3.68. The highest BCUT2D eigenvalue weighted by atomic mass is 16.2. The zero-order valence-corrected chi connectivity index (χ0v) is 17.6. The smallest absolute Gasteiger partial charge is 0.227 e. The lowest BCUT2D eigenvalue weighted by Crippen LogP contribution is -2.26. The van der Waals surface area contributed by atoms with Crippen LogP contribution >= 0.6 is 0 Å². The van der Waals surface area contributed by atoms with E-state index < -0.39 is 0 Å². The maximum Gasteiger partial charge on any atom is 0.227 e. The summed E-state index contributed by atoms with van der Waals surface area (Å²) in [5.74, 6) is 0.246. The highest BCUT2D eigenvalue weighted by Gasteiger charge is 2.23. The van der Waals surface area contributed by atoms with E-state index in [0.29, 0.717) is 6.42 Å². The Hall–Kier alpha value is -2.92. The zero-order valence-electron chi connectivity index (χ0n) is 17.6. The Labute approximate surface area is 177 Å². The van der Waals surface area contributed by atoms with E-state index in [4.69, 9.17) is 5.10 Å². The quantitative estimate of drug-likeness (QED) is 0.669. The first-order valence-electron chi connectivity index (χ1n) is 10.9. The molecule has 5 rings (SSSR count). The maximum absolute atomic E-state index is 12.0. The maximum atomic E-state index is 12.0. The number of aryl methyl sites for hydroxylation is 1. The fraction of sp³-hybridized carbons (Fsp3) is 0.360. The van der Waals surface area contributed by atoms with E-state index in [1.807, 2.05) is 4.90 Å². The van der Waals surface area contributed by atoms with Crippen LogP contribution in [-0.4, -0.2) is 40.2 Å². The first-order valence-corrected chi connectivity index (χ1v) is 10.9. The molecule has 2 aromatic carbocycles. The lowest BCUT2D eigenvalue weighted by Gasteiger charge is -2.21. The van der Waals surface area contributed by atoms with Crippen LogP contribution in [0.4, 0.5) is 5.69 Å². The van der Waals surface area contributed by atoms with Crippen LogP contribution in [0.1, 0.15) is 29.7 Å². The highest BCUT2D eigenvalue weighted by Crippen LogP contribution is 2.28. The van der Waals surface area contributed by atoms with Crippen molar-refractivity contribution in [1.29, 1.82) is 0 Å². The standard InChI is InChI=1S/C25H28N4O/c1-27-23-14-17-28(16-13-22(23)25(26-27)20-6-3-2-4-7-20)18-19-9-11-21(12-10-19)29-15-5-8-24(29)30/h2-4,6-7,9-12H,5,8,13-18H2,1H3. The van der Waals surface area contributed by atoms with Crippen LogP contribution in [0.2, 0.25) is 0 Å². The molecule has 0 atom stereocenters. The molecule has 0 bridgehead atoms. The molecule has 0 N–H and O–H groups in total. The number of fused-ring (bicyclic) bond motifs is 1. The minimum atomic E-state index is 0.246. The molecule has 0 saturated carbocycles. The van der Waals surface area contributed by atoms with E-state index in [-0.39, 0.29) is 5.91 Å². The fourth-order valence-electron chi connectivity index (χ4n) is 4.77. The molecule has 30 heavy (non-hydrogen) atoms. The van der Waals surface area contributed by atoms with E-state index >= 15 is 0 Å². The third-order valence-electron chi connectivity index (χ3n) is 6.39. The molecule has 0 radical (unpaired) electrons. The van der Waals surface area contributed by atoms with Gasteiger partial charge < -0.3 is 4.90 Å². The summed E-state index contributed by atoms with van der Waals surface area (Å²) in [5.41, 5.74) is 7.43. The molecule has 1 aromatic heterocycles. The summed E-state index contributed by atoms with van der Waals surface area (Å²) in [7, 11) is 2.07. The Bertz CT molecular complexity index is 1040. The van der Waals surface area contributed by atoms with Crippen molar-refractivity contribution in [1.82, 2.24) is 14.7 Å². The summed E-state index contributed by atoms with van der Waals surface area (Å²) in [5, 5.41) is 4.83. The first-order chi connectivity index (χ1) is 14.7. The van der Waals surface area contributed by atoms with Crippen molar-refractivity contribution in [2.45, 2.75) is 32.2 Å². The van der Waals surface area contributed by atoms with Gasteiger partial charge >= 0.3 is 0 Å². The Balaban J connectivity index is 1.29. The van der Waals surface area contributed by atoms with Gasteiger partial charge in [-0.2, -0.15) is 5.10 Å². The van der Waals surface area contributed by atoms with Gasteiger partial charge in [-0.3, -0.25) is 14.4 Å². The third-order valence-corrected chi connectivity index (χ3v) is 6.39. The van der Waals surface area contributed by atoms with Gasteiger partial charge in [0.1, 0.15) is 0 Å². The van der Waals surface area contributed by atoms with Crippen LogP contribution < -0.4 is 4.90 Å². The topological polar surface area (TPSA) is 41.4 Å². The van der Waals surface area contributed by atoms with Crippen molar-refractivity contribution in [2.75, 3.05) is 24.5 Å². The van der Waals surface area contributed by atoms with Gasteiger partial charge in [0, 0.05) is 68.6 Å². The summed E-state index contributed by atoms with van der Waals surface area (Å²) in [6, 6.07) is 19.1. The van der Waals surface area contributed by atoms with Gasteiger partial charge in [0.05, 0.1) is 5.69 Å². The molecule has 0 spiro atoms. The van der Waals surface area contributed by atoms with Crippen LogP contribution in [0.25, 0.3) is 11.3 Å². The van der Waals surface area contributed by atoms with E-state index in [1.54, 1.807) is 0 Å².